The van der Waals surface area contributed by atoms with Crippen molar-refractivity contribution in [3.63, 3.8) is 0 Å². The number of nitro groups is 2. The maximum Gasteiger partial charge on any atom is 0.318 e. The number of non-ortho nitro benzene ring substituents is 1. The summed E-state index contributed by atoms with van der Waals surface area (Å²) in [6.45, 7) is 3.91. The third kappa shape index (κ3) is 8.15. The van der Waals surface area contributed by atoms with Gasteiger partial charge in [-0.25, -0.2) is 0 Å². The van der Waals surface area contributed by atoms with Gasteiger partial charge in [0.25, 0.3) is 5.69 Å². The molecular weight excluding hydrogens is 352 g/mol. The molecule has 150 valence electrons. The fourth-order valence-corrected chi connectivity index (χ4v) is 2.76. The first-order valence-corrected chi connectivity index (χ1v) is 9.51. The predicted molar refractivity (Wildman–Crippen MR) is 102 cm³/mol. The number of carbonyl (C=O) groups is 1. The summed E-state index contributed by atoms with van der Waals surface area (Å²) in [5.74, 6) is -1.21. The van der Waals surface area contributed by atoms with Gasteiger partial charge in [-0.3, -0.25) is 25.0 Å². The first-order valence-electron chi connectivity index (χ1n) is 9.51. The Hall–Kier alpha value is -2.51. The third-order valence-electron chi connectivity index (χ3n) is 4.45. The van der Waals surface area contributed by atoms with Gasteiger partial charge in [0.2, 0.25) is 5.75 Å². The number of carbonyl (C=O) groups excluding carboxylic acids is 1. The summed E-state index contributed by atoms with van der Waals surface area (Å²) in [4.78, 5) is 32.5. The van der Waals surface area contributed by atoms with Crippen molar-refractivity contribution >= 4 is 17.3 Å². The molecule has 0 saturated carbocycles. The van der Waals surface area contributed by atoms with Crippen LogP contribution in [-0.4, -0.2) is 15.8 Å². The van der Waals surface area contributed by atoms with Crippen molar-refractivity contribution in [3.05, 3.63) is 38.4 Å². The van der Waals surface area contributed by atoms with Gasteiger partial charge in [0, 0.05) is 6.07 Å². The molecule has 1 rings (SSSR count). The van der Waals surface area contributed by atoms with Crippen LogP contribution in [0.3, 0.4) is 0 Å². The number of ether oxygens (including phenoxy) is 1. The van der Waals surface area contributed by atoms with Gasteiger partial charge in [-0.2, -0.15) is 0 Å². The average molecular weight is 380 g/mol. The Kier molecular flexibility index (Phi) is 10.00. The summed E-state index contributed by atoms with van der Waals surface area (Å²) in [6, 6.07) is 2.97. The van der Waals surface area contributed by atoms with Crippen molar-refractivity contribution in [2.24, 2.45) is 5.92 Å². The highest BCUT2D eigenvalue weighted by Crippen LogP contribution is 2.31. The predicted octanol–water partition coefficient (Wildman–Crippen LogP) is 5.58. The van der Waals surface area contributed by atoms with Gasteiger partial charge in [-0.1, -0.05) is 65.2 Å². The summed E-state index contributed by atoms with van der Waals surface area (Å²) in [5, 5.41) is 21.8. The van der Waals surface area contributed by atoms with E-state index in [9.17, 15) is 25.0 Å². The van der Waals surface area contributed by atoms with Crippen molar-refractivity contribution in [3.8, 4) is 5.75 Å². The van der Waals surface area contributed by atoms with Gasteiger partial charge in [0.05, 0.1) is 21.8 Å². The Labute approximate surface area is 159 Å². The number of hydrogen-bond donors (Lipinski definition) is 0. The Morgan fingerprint density at radius 1 is 1.00 bits per heavy atom. The van der Waals surface area contributed by atoms with Crippen LogP contribution in [0.5, 0.6) is 5.75 Å². The third-order valence-corrected chi connectivity index (χ3v) is 4.45. The van der Waals surface area contributed by atoms with E-state index in [2.05, 4.69) is 6.92 Å². The van der Waals surface area contributed by atoms with E-state index in [1.807, 2.05) is 0 Å². The molecule has 1 aromatic carbocycles. The van der Waals surface area contributed by atoms with Crippen LogP contribution in [0.15, 0.2) is 18.2 Å². The van der Waals surface area contributed by atoms with E-state index in [0.717, 1.165) is 37.5 Å². The van der Waals surface area contributed by atoms with E-state index in [0.29, 0.717) is 6.42 Å². The van der Waals surface area contributed by atoms with Crippen molar-refractivity contribution in [2.45, 2.75) is 71.6 Å². The first kappa shape index (κ1) is 22.5. The molecule has 8 nitrogen and oxygen atoms in total. The zero-order valence-corrected chi connectivity index (χ0v) is 16.0. The molecule has 0 spiro atoms. The number of rotatable bonds is 13. The standard InChI is InChI=1S/C19H28N2O6/c1-3-4-5-6-7-8-9-10-11-15(2)19(22)27-18-13-12-16(20(23)24)14-17(18)21(25)26/h12-15H,3-11H2,1-2H3. The molecule has 0 aliphatic heterocycles. The quantitative estimate of drug-likeness (QED) is 0.145. The van der Waals surface area contributed by atoms with Crippen molar-refractivity contribution < 1.29 is 19.4 Å². The maximum atomic E-state index is 12.2. The van der Waals surface area contributed by atoms with Gasteiger partial charge < -0.3 is 4.74 Å². The molecule has 0 heterocycles. The van der Waals surface area contributed by atoms with Crippen LogP contribution in [0.25, 0.3) is 0 Å². The lowest BCUT2D eigenvalue weighted by Crippen LogP contribution is -2.18. The van der Waals surface area contributed by atoms with Gasteiger partial charge in [0.15, 0.2) is 0 Å². The Morgan fingerprint density at radius 2 is 1.59 bits per heavy atom. The van der Waals surface area contributed by atoms with Crippen molar-refractivity contribution in [2.75, 3.05) is 0 Å². The van der Waals surface area contributed by atoms with Gasteiger partial charge >= 0.3 is 11.7 Å². The molecule has 0 bridgehead atoms. The van der Waals surface area contributed by atoms with Crippen LogP contribution in [0.1, 0.15) is 71.6 Å². The molecule has 0 aromatic heterocycles. The number of esters is 1. The van der Waals surface area contributed by atoms with Crippen LogP contribution in [0.2, 0.25) is 0 Å². The van der Waals surface area contributed by atoms with Gasteiger partial charge in [-0.05, 0) is 12.5 Å². The minimum absolute atomic E-state index is 0.265. The number of benzene rings is 1. The number of hydrogen-bond acceptors (Lipinski definition) is 6. The largest absolute Gasteiger partial charge is 0.419 e. The van der Waals surface area contributed by atoms with E-state index in [-0.39, 0.29) is 11.7 Å². The molecule has 0 saturated heterocycles. The van der Waals surface area contributed by atoms with Crippen LogP contribution in [-0.2, 0) is 4.79 Å². The molecule has 0 radical (unpaired) electrons. The van der Waals surface area contributed by atoms with E-state index in [1.165, 1.54) is 32.1 Å². The molecule has 0 fully saturated rings. The molecule has 0 amide bonds. The second-order valence-electron chi connectivity index (χ2n) is 6.75. The summed E-state index contributed by atoms with van der Waals surface area (Å²) in [5.41, 5.74) is -1.01. The van der Waals surface area contributed by atoms with E-state index in [4.69, 9.17) is 4.74 Å². The maximum absolute atomic E-state index is 12.2. The summed E-state index contributed by atoms with van der Waals surface area (Å²) in [7, 11) is 0. The topological polar surface area (TPSA) is 113 Å². The smallest absolute Gasteiger partial charge is 0.318 e. The Balaban J connectivity index is 2.46. The normalized spacial score (nSPS) is 11.8. The minimum atomic E-state index is -0.793. The lowest BCUT2D eigenvalue weighted by Gasteiger charge is -2.11. The number of unbranched alkanes of at least 4 members (excludes halogenated alkanes) is 7. The lowest BCUT2D eigenvalue weighted by atomic mass is 10.0. The van der Waals surface area contributed by atoms with E-state index in [1.54, 1.807) is 6.92 Å². The van der Waals surface area contributed by atoms with Crippen molar-refractivity contribution in [1.82, 2.24) is 0 Å². The minimum Gasteiger partial charge on any atom is -0.419 e. The summed E-state index contributed by atoms with van der Waals surface area (Å²) >= 11 is 0. The van der Waals surface area contributed by atoms with Crippen molar-refractivity contribution in [1.29, 1.82) is 0 Å². The fraction of sp³-hybridized carbons (Fsp3) is 0.632. The average Bonchev–Trinajstić information content (AvgIpc) is 2.63. The highest BCUT2D eigenvalue weighted by Gasteiger charge is 2.24. The Morgan fingerprint density at radius 3 is 2.15 bits per heavy atom. The summed E-state index contributed by atoms with van der Waals surface area (Å²) < 4.78 is 5.12. The number of nitrogens with zero attached hydrogens (tertiary/aromatic N) is 2. The molecule has 27 heavy (non-hydrogen) atoms. The van der Waals surface area contributed by atoms with Gasteiger partial charge in [-0.15, -0.1) is 0 Å². The number of nitro benzene ring substituents is 2. The van der Waals surface area contributed by atoms with Crippen LogP contribution in [0.4, 0.5) is 11.4 Å². The zero-order chi connectivity index (χ0) is 20.2. The second kappa shape index (κ2) is 12.0. The van der Waals surface area contributed by atoms with Crippen LogP contribution < -0.4 is 4.74 Å². The van der Waals surface area contributed by atoms with E-state index >= 15 is 0 Å². The van der Waals surface area contributed by atoms with E-state index < -0.39 is 27.2 Å². The first-order chi connectivity index (χ1) is 12.9. The molecule has 8 heteroatoms. The van der Waals surface area contributed by atoms with Gasteiger partial charge in [0.1, 0.15) is 0 Å². The Bertz CT molecular complexity index is 647. The lowest BCUT2D eigenvalue weighted by molar-refractivity contribution is -0.394. The second-order valence-corrected chi connectivity index (χ2v) is 6.75. The molecule has 0 aliphatic rings. The fourth-order valence-electron chi connectivity index (χ4n) is 2.76. The highest BCUT2D eigenvalue weighted by molar-refractivity contribution is 5.76. The molecule has 0 N–H and O–H groups in total. The SMILES string of the molecule is CCCCCCCCCCC(C)C(=O)Oc1ccc([N+](=O)[O-])cc1[N+](=O)[O-]. The molecule has 1 unspecified atom stereocenters. The zero-order valence-electron chi connectivity index (χ0n) is 16.0. The molecule has 0 aliphatic carbocycles. The van der Waals surface area contributed by atoms with Crippen LogP contribution in [0, 0.1) is 26.1 Å². The molecular formula is C19H28N2O6. The highest BCUT2D eigenvalue weighted by atomic mass is 16.6. The van der Waals surface area contributed by atoms with Crippen LogP contribution >= 0.6 is 0 Å². The summed E-state index contributed by atoms with van der Waals surface area (Å²) in [6.07, 6.45) is 9.95. The molecule has 1 aromatic rings. The monoisotopic (exact) mass is 380 g/mol. The molecule has 1 atom stereocenters.